The van der Waals surface area contributed by atoms with Crippen molar-refractivity contribution in [1.29, 1.82) is 0 Å². The third-order valence-corrected chi connectivity index (χ3v) is 9.60. The Morgan fingerprint density at radius 2 is 0.931 bits per heavy atom. The lowest BCUT2D eigenvalue weighted by Gasteiger charge is -2.19. The smallest absolute Gasteiger partial charge is 0.379 e. The van der Waals surface area contributed by atoms with Gasteiger partial charge in [-0.3, -0.25) is 24.7 Å². The molecule has 0 aliphatic heterocycles. The molecular formula is C45H30F6N6O. The van der Waals surface area contributed by atoms with Crippen molar-refractivity contribution in [1.82, 2.24) is 19.9 Å². The fraction of sp³-hybridized carbons (Fsp3) is 0.0889. The quantitative estimate of drug-likeness (QED) is 0.105. The van der Waals surface area contributed by atoms with Gasteiger partial charge in [0.1, 0.15) is 0 Å². The van der Waals surface area contributed by atoms with E-state index in [2.05, 4.69) is 30.6 Å². The van der Waals surface area contributed by atoms with Crippen LogP contribution in [0, 0.1) is 0 Å². The van der Waals surface area contributed by atoms with E-state index < -0.39 is 29.3 Å². The molecule has 0 atom stereocenters. The third-order valence-electron chi connectivity index (χ3n) is 9.60. The number of carbonyl (C=O) groups excluding carboxylic acids is 1. The first-order chi connectivity index (χ1) is 28.0. The van der Waals surface area contributed by atoms with E-state index in [9.17, 15) is 26.3 Å². The van der Waals surface area contributed by atoms with Gasteiger partial charge in [-0.15, -0.1) is 0 Å². The molecule has 4 aromatic carbocycles. The summed E-state index contributed by atoms with van der Waals surface area (Å²) in [5.74, 6) is -0.706. The molecule has 8 rings (SSSR count). The number of nitrogens with zero attached hydrogens (tertiary/aromatic N) is 4. The summed E-state index contributed by atoms with van der Waals surface area (Å²) < 4.78 is 86.2. The Balaban J connectivity index is 1.32. The summed E-state index contributed by atoms with van der Waals surface area (Å²) in [5, 5.41) is 6.66. The number of anilines is 2. The number of hydrogen-bond donors (Lipinski definition) is 2. The number of hydrogen-bond acceptors (Lipinski definition) is 7. The lowest BCUT2D eigenvalue weighted by molar-refractivity contribution is -0.137. The lowest BCUT2D eigenvalue weighted by Crippen LogP contribution is -2.12. The van der Waals surface area contributed by atoms with Crippen molar-refractivity contribution in [2.24, 2.45) is 0 Å². The topological polar surface area (TPSA) is 92.7 Å². The molecule has 0 aliphatic rings. The van der Waals surface area contributed by atoms with E-state index >= 15 is 4.79 Å². The lowest BCUT2D eigenvalue weighted by atomic mass is 9.87. The number of benzene rings is 4. The fourth-order valence-electron chi connectivity index (χ4n) is 6.98. The van der Waals surface area contributed by atoms with Crippen molar-refractivity contribution in [3.8, 4) is 22.3 Å². The summed E-state index contributed by atoms with van der Waals surface area (Å²) in [4.78, 5) is 32.2. The molecule has 0 saturated heterocycles. The van der Waals surface area contributed by atoms with Crippen LogP contribution in [0.25, 0.3) is 44.1 Å². The molecule has 58 heavy (non-hydrogen) atoms. The Labute approximate surface area is 327 Å². The number of aromatic nitrogens is 4. The fourth-order valence-corrected chi connectivity index (χ4v) is 6.98. The summed E-state index contributed by atoms with van der Waals surface area (Å²) in [6.07, 6.45) is -4.03. The van der Waals surface area contributed by atoms with Crippen molar-refractivity contribution in [3.63, 3.8) is 0 Å². The van der Waals surface area contributed by atoms with Crippen LogP contribution < -0.4 is 10.6 Å². The Morgan fingerprint density at radius 1 is 0.500 bits per heavy atom. The van der Waals surface area contributed by atoms with Crippen molar-refractivity contribution < 1.29 is 31.1 Å². The first kappa shape index (κ1) is 37.8. The van der Waals surface area contributed by atoms with Crippen LogP contribution in [0.3, 0.4) is 0 Å². The number of fused-ring (bicyclic) bond motifs is 2. The van der Waals surface area contributed by atoms with Gasteiger partial charge >= 0.3 is 12.4 Å². The largest absolute Gasteiger partial charge is 0.418 e. The Morgan fingerprint density at radius 3 is 1.33 bits per heavy atom. The minimum absolute atomic E-state index is 0.0536. The average molecular weight is 785 g/mol. The molecule has 0 unspecified atom stereocenters. The molecule has 288 valence electrons. The van der Waals surface area contributed by atoms with Gasteiger partial charge < -0.3 is 10.6 Å². The number of carbonyl (C=O) groups is 1. The van der Waals surface area contributed by atoms with Crippen LogP contribution in [0.4, 0.5) is 37.7 Å². The van der Waals surface area contributed by atoms with Crippen molar-refractivity contribution >= 4 is 39.0 Å². The minimum Gasteiger partial charge on any atom is -0.379 e. The standard InChI is InChI=1S/C45H30F6N6O/c46-44(47,48)37-17-7-15-33-39(27-9-5-13-29(21-27)54-23-31-11-1-3-19-52-31)35(25-56-41(33)37)43(58)36-26-57-42-34(16-8-18-38(42)45(49,50)51)40(36)28-10-6-14-30(22-28)55-24-32-12-2-4-20-53-32/h1-22,25-26,54-55H,23-24H2. The minimum atomic E-state index is -4.76. The molecule has 0 saturated carbocycles. The molecule has 13 heteroatoms. The monoisotopic (exact) mass is 784 g/mol. The molecule has 4 heterocycles. The molecule has 0 amide bonds. The average Bonchev–Trinajstić information content (AvgIpc) is 3.23. The van der Waals surface area contributed by atoms with Crippen LogP contribution in [0.15, 0.2) is 146 Å². The maximum atomic E-state index is 15.1. The summed E-state index contributed by atoms with van der Waals surface area (Å²) >= 11 is 0. The second-order valence-electron chi connectivity index (χ2n) is 13.3. The number of alkyl halides is 6. The molecule has 0 spiro atoms. The number of rotatable bonds is 10. The van der Waals surface area contributed by atoms with E-state index in [1.807, 2.05) is 24.3 Å². The van der Waals surface area contributed by atoms with Crippen LogP contribution in [-0.4, -0.2) is 25.7 Å². The maximum absolute atomic E-state index is 15.1. The first-order valence-corrected chi connectivity index (χ1v) is 18.0. The Hall–Kier alpha value is -7.15. The summed E-state index contributed by atoms with van der Waals surface area (Å²) in [7, 11) is 0. The van der Waals surface area contributed by atoms with Gasteiger partial charge in [-0.25, -0.2) is 0 Å². The zero-order valence-corrected chi connectivity index (χ0v) is 30.2. The van der Waals surface area contributed by atoms with Crippen LogP contribution in [-0.2, 0) is 25.4 Å². The molecule has 4 aromatic heterocycles. The van der Waals surface area contributed by atoms with E-state index in [0.29, 0.717) is 35.6 Å². The van der Waals surface area contributed by atoms with Crippen molar-refractivity contribution in [2.45, 2.75) is 25.4 Å². The Bertz CT molecular complexity index is 2600. The van der Waals surface area contributed by atoms with E-state index in [4.69, 9.17) is 0 Å². The second kappa shape index (κ2) is 15.4. The normalized spacial score (nSPS) is 11.8. The molecular weight excluding hydrogens is 755 g/mol. The van der Waals surface area contributed by atoms with E-state index in [1.165, 1.54) is 24.3 Å². The van der Waals surface area contributed by atoms with Gasteiger partial charge in [0.25, 0.3) is 0 Å². The molecule has 0 fully saturated rings. The van der Waals surface area contributed by atoms with Gasteiger partial charge in [0.15, 0.2) is 5.78 Å². The molecule has 0 bridgehead atoms. The van der Waals surface area contributed by atoms with Crippen LogP contribution >= 0.6 is 0 Å². The number of para-hydroxylation sites is 2. The Kier molecular flexibility index (Phi) is 10.0. The number of halogens is 6. The number of nitrogens with one attached hydrogen (secondary N) is 2. The van der Waals surface area contributed by atoms with E-state index in [-0.39, 0.29) is 44.1 Å². The highest BCUT2D eigenvalue weighted by Crippen LogP contribution is 2.43. The van der Waals surface area contributed by atoms with E-state index in [1.54, 1.807) is 73.1 Å². The first-order valence-electron chi connectivity index (χ1n) is 18.0. The highest BCUT2D eigenvalue weighted by Gasteiger charge is 2.36. The second-order valence-corrected chi connectivity index (χ2v) is 13.3. The zero-order chi connectivity index (χ0) is 40.4. The van der Waals surface area contributed by atoms with Crippen LogP contribution in [0.2, 0.25) is 0 Å². The van der Waals surface area contributed by atoms with Crippen molar-refractivity contribution in [2.75, 3.05) is 10.6 Å². The highest BCUT2D eigenvalue weighted by molar-refractivity contribution is 6.21. The molecule has 7 nitrogen and oxygen atoms in total. The summed E-state index contributed by atoms with van der Waals surface area (Å²) in [5.41, 5.74) is 0.929. The highest BCUT2D eigenvalue weighted by atomic mass is 19.4. The third kappa shape index (κ3) is 7.66. The predicted octanol–water partition coefficient (Wildman–Crippen LogP) is 11.4. The maximum Gasteiger partial charge on any atom is 0.418 e. The number of pyridine rings is 4. The van der Waals surface area contributed by atoms with Gasteiger partial charge in [0.05, 0.1) is 46.6 Å². The molecule has 0 radical (unpaired) electrons. The van der Waals surface area contributed by atoms with Gasteiger partial charge in [0, 0.05) is 69.2 Å². The van der Waals surface area contributed by atoms with Crippen molar-refractivity contribution in [3.05, 3.63) is 180 Å². The summed E-state index contributed by atoms with van der Waals surface area (Å²) in [6, 6.07) is 31.9. The van der Waals surface area contributed by atoms with Gasteiger partial charge in [-0.05, 0) is 71.8 Å². The van der Waals surface area contributed by atoms with Crippen LogP contribution in [0.5, 0.6) is 0 Å². The van der Waals surface area contributed by atoms with Gasteiger partial charge in [0.2, 0.25) is 0 Å². The van der Waals surface area contributed by atoms with Crippen LogP contribution in [0.1, 0.15) is 38.4 Å². The molecule has 2 N–H and O–H groups in total. The van der Waals surface area contributed by atoms with Gasteiger partial charge in [-0.1, -0.05) is 60.7 Å². The predicted molar refractivity (Wildman–Crippen MR) is 211 cm³/mol. The molecule has 0 aliphatic carbocycles. The van der Waals surface area contributed by atoms with Gasteiger partial charge in [-0.2, -0.15) is 26.3 Å². The SMILES string of the molecule is O=C(c1cnc2c(C(F)(F)F)cccc2c1-c1cccc(NCc2ccccn2)c1)c1cnc2c(C(F)(F)F)cccc2c1-c1cccc(NCc2ccccn2)c1. The molecule has 8 aromatic rings. The summed E-state index contributed by atoms with van der Waals surface area (Å²) in [6.45, 7) is 0.681. The van der Waals surface area contributed by atoms with E-state index in [0.717, 1.165) is 35.9 Å². The zero-order valence-electron chi connectivity index (χ0n) is 30.2. The number of ketones is 1.